The van der Waals surface area contributed by atoms with Crippen LogP contribution < -0.4 is 5.32 Å². The first-order chi connectivity index (χ1) is 27.1. The number of pyridine rings is 1. The van der Waals surface area contributed by atoms with Crippen molar-refractivity contribution in [1.82, 2.24) is 44.9 Å². The Hall–Kier alpha value is -6.51. The molecular weight excluding hydrogens is 715 g/mol. The van der Waals surface area contributed by atoms with Crippen molar-refractivity contribution in [3.63, 3.8) is 0 Å². The van der Waals surface area contributed by atoms with E-state index in [-0.39, 0.29) is 30.3 Å². The molecule has 7 rings (SSSR count). The topological polar surface area (TPSA) is 190 Å². The molecule has 2 aliphatic rings. The summed E-state index contributed by atoms with van der Waals surface area (Å²) in [5.74, 6) is 0.955. The Morgan fingerprint density at radius 2 is 1.29 bits per heavy atom. The highest BCUT2D eigenvalue weighted by molar-refractivity contribution is 5.87. The maximum atomic E-state index is 13.9. The summed E-state index contributed by atoms with van der Waals surface area (Å²) in [7, 11) is 2.70. The van der Waals surface area contributed by atoms with Gasteiger partial charge in [0.1, 0.15) is 23.7 Å². The lowest BCUT2D eigenvalue weighted by Crippen LogP contribution is -2.50. The second-order valence-corrected chi connectivity index (χ2v) is 14.2. The number of aromatic amines is 2. The van der Waals surface area contributed by atoms with Crippen LogP contribution in [0.3, 0.4) is 0 Å². The molecular formula is C41H45N9O6. The number of alkyl carbamates (subject to hydrolysis) is 1. The van der Waals surface area contributed by atoms with E-state index in [1.54, 1.807) is 53.6 Å². The van der Waals surface area contributed by atoms with Gasteiger partial charge in [0, 0.05) is 39.0 Å². The molecule has 4 atom stereocenters. The number of benzene rings is 2. The summed E-state index contributed by atoms with van der Waals surface area (Å²) in [5, 5.41) is 12.3. The maximum Gasteiger partial charge on any atom is 0.407 e. The number of carbonyl (C=O) groups is 4. The number of hydrogen-bond donors (Lipinski definition) is 4. The molecule has 56 heavy (non-hydrogen) atoms. The van der Waals surface area contributed by atoms with E-state index in [0.29, 0.717) is 24.7 Å². The van der Waals surface area contributed by atoms with Crippen LogP contribution in [-0.2, 0) is 20.7 Å². The van der Waals surface area contributed by atoms with E-state index in [9.17, 15) is 24.3 Å². The number of carboxylic acid groups (broad SMARTS) is 1. The molecule has 2 aliphatic heterocycles. The summed E-state index contributed by atoms with van der Waals surface area (Å²) < 4.78 is 4.64. The van der Waals surface area contributed by atoms with E-state index in [1.165, 1.54) is 14.2 Å². The van der Waals surface area contributed by atoms with Gasteiger partial charge in [-0.2, -0.15) is 0 Å². The number of ether oxygens (including phenoxy) is 1. The van der Waals surface area contributed by atoms with Gasteiger partial charge in [-0.05, 0) is 72.6 Å². The summed E-state index contributed by atoms with van der Waals surface area (Å²) in [6, 6.07) is 17.8. The molecule has 4 N–H and O–H groups in total. The van der Waals surface area contributed by atoms with Crippen molar-refractivity contribution in [2.24, 2.45) is 0 Å². The smallest absolute Gasteiger partial charge is 0.407 e. The molecule has 0 spiro atoms. The van der Waals surface area contributed by atoms with Crippen LogP contribution in [0.15, 0.2) is 85.5 Å². The van der Waals surface area contributed by atoms with Crippen molar-refractivity contribution in [2.75, 3.05) is 27.2 Å². The van der Waals surface area contributed by atoms with Crippen molar-refractivity contribution >= 4 is 24.0 Å². The Kier molecular flexibility index (Phi) is 11.1. The molecule has 4 amide bonds. The third-order valence-corrected chi connectivity index (χ3v) is 10.7. The molecule has 15 heteroatoms. The van der Waals surface area contributed by atoms with Crippen LogP contribution >= 0.6 is 0 Å². The molecule has 2 fully saturated rings. The van der Waals surface area contributed by atoms with E-state index < -0.39 is 24.3 Å². The fourth-order valence-corrected chi connectivity index (χ4v) is 7.62. The van der Waals surface area contributed by atoms with Crippen molar-refractivity contribution < 1.29 is 29.0 Å². The zero-order chi connectivity index (χ0) is 39.3. The van der Waals surface area contributed by atoms with Gasteiger partial charge in [-0.3, -0.25) is 19.5 Å². The number of aromatic nitrogens is 5. The van der Waals surface area contributed by atoms with Crippen LogP contribution in [0.4, 0.5) is 9.59 Å². The zero-order valence-corrected chi connectivity index (χ0v) is 31.5. The van der Waals surface area contributed by atoms with Gasteiger partial charge in [-0.15, -0.1) is 0 Å². The van der Waals surface area contributed by atoms with Gasteiger partial charge in [0.15, 0.2) is 0 Å². The maximum absolute atomic E-state index is 13.9. The van der Waals surface area contributed by atoms with Gasteiger partial charge in [0.25, 0.3) is 0 Å². The lowest BCUT2D eigenvalue weighted by atomic mass is 10.0. The number of nitrogens with one attached hydrogen (secondary N) is 3. The highest BCUT2D eigenvalue weighted by Gasteiger charge is 2.39. The number of likely N-dealkylation sites (N-methyl/N-ethyl adjacent to an activating group) is 1. The molecule has 0 unspecified atom stereocenters. The second kappa shape index (κ2) is 16.5. The molecule has 0 saturated carbocycles. The van der Waals surface area contributed by atoms with E-state index in [4.69, 9.17) is 0 Å². The standard InChI is InChI=1S/C41H45N9O6/c1-25(45-40(53)56-3)38(51)49-20-4-6-33(49)36-43-23-31(46-36)29-12-8-27(9-13-29)28-10-14-30(15-11-28)32-24-44-37(47-32)34-7-5-21-50(34)39(52)35(48(2)41(54)55)22-26-16-18-42-19-17-26/h8-19,23-25,33-35H,4-7,20-22H2,1-3H3,(H,43,46)(H,44,47)(H,45,53)(H,54,55)/t25-,33-,34-,35-/m0/s1. The summed E-state index contributed by atoms with van der Waals surface area (Å²) >= 11 is 0. The van der Waals surface area contributed by atoms with Crippen molar-refractivity contribution in [2.45, 2.75) is 63.2 Å². The van der Waals surface area contributed by atoms with E-state index in [1.807, 2.05) is 24.3 Å². The lowest BCUT2D eigenvalue weighted by molar-refractivity contribution is -0.137. The van der Waals surface area contributed by atoms with Crippen molar-refractivity contribution in [1.29, 1.82) is 0 Å². The molecule has 2 aromatic carbocycles. The predicted octanol–water partition coefficient (Wildman–Crippen LogP) is 5.82. The molecule has 0 aliphatic carbocycles. The number of amides is 4. The highest BCUT2D eigenvalue weighted by Crippen LogP contribution is 2.35. The van der Waals surface area contributed by atoms with Crippen LogP contribution in [0.2, 0.25) is 0 Å². The average Bonchev–Trinajstić information content (AvgIpc) is 4.07. The minimum Gasteiger partial charge on any atom is -0.465 e. The summed E-state index contributed by atoms with van der Waals surface area (Å²) in [6.45, 7) is 2.75. The number of imidazole rings is 2. The van der Waals surface area contributed by atoms with Crippen LogP contribution in [-0.4, -0.2) is 108 Å². The molecule has 290 valence electrons. The molecule has 0 radical (unpaired) electrons. The Labute approximate surface area is 324 Å². The molecule has 15 nitrogen and oxygen atoms in total. The monoisotopic (exact) mass is 759 g/mol. The van der Waals surface area contributed by atoms with Crippen LogP contribution in [0, 0.1) is 0 Å². The zero-order valence-electron chi connectivity index (χ0n) is 31.5. The number of hydrogen-bond acceptors (Lipinski definition) is 8. The Balaban J connectivity index is 1.00. The second-order valence-electron chi connectivity index (χ2n) is 14.2. The number of H-pyrrole nitrogens is 2. The van der Waals surface area contributed by atoms with Gasteiger partial charge in [0.05, 0.1) is 43.0 Å². The SMILES string of the molecule is COC(=O)N[C@@H](C)C(=O)N1CCC[C@H]1c1ncc(-c2ccc(-c3ccc(-c4cnc([C@@H]5CCCN5C(=O)[C@H](Cc5ccncc5)N(C)C(=O)O)[nH]4)cc3)cc2)[nH]1. The number of carbonyl (C=O) groups excluding carboxylic acids is 3. The van der Waals surface area contributed by atoms with Crippen molar-refractivity contribution in [3.8, 4) is 33.6 Å². The van der Waals surface area contributed by atoms with Gasteiger partial charge in [0.2, 0.25) is 11.8 Å². The first kappa shape index (κ1) is 37.8. The fraction of sp³-hybridized carbons (Fsp3) is 0.341. The minimum absolute atomic E-state index is 0.180. The van der Waals surface area contributed by atoms with Gasteiger partial charge in [-0.25, -0.2) is 19.6 Å². The van der Waals surface area contributed by atoms with E-state index in [2.05, 4.69) is 59.2 Å². The van der Waals surface area contributed by atoms with Gasteiger partial charge >= 0.3 is 12.2 Å². The Bertz CT molecular complexity index is 2170. The van der Waals surface area contributed by atoms with E-state index >= 15 is 0 Å². The number of nitrogens with zero attached hydrogens (tertiary/aromatic N) is 6. The quantitative estimate of drug-likeness (QED) is 0.129. The number of likely N-dealkylation sites (tertiary alicyclic amines) is 2. The molecule has 5 heterocycles. The Morgan fingerprint density at radius 3 is 1.77 bits per heavy atom. The number of methoxy groups -OCH3 is 1. The third-order valence-electron chi connectivity index (χ3n) is 10.7. The average molecular weight is 760 g/mol. The molecule has 2 saturated heterocycles. The van der Waals surface area contributed by atoms with Gasteiger partial charge < -0.3 is 34.9 Å². The number of rotatable bonds is 11. The van der Waals surface area contributed by atoms with Crippen LogP contribution in [0.5, 0.6) is 0 Å². The van der Waals surface area contributed by atoms with Crippen molar-refractivity contribution in [3.05, 3.63) is 103 Å². The Morgan fingerprint density at radius 1 is 0.804 bits per heavy atom. The third kappa shape index (κ3) is 7.97. The lowest BCUT2D eigenvalue weighted by Gasteiger charge is -2.31. The van der Waals surface area contributed by atoms with Gasteiger partial charge in [-0.1, -0.05) is 48.5 Å². The minimum atomic E-state index is -1.16. The predicted molar refractivity (Wildman–Crippen MR) is 207 cm³/mol. The normalized spacial score (nSPS) is 17.7. The summed E-state index contributed by atoms with van der Waals surface area (Å²) in [6.07, 6.45) is 8.40. The summed E-state index contributed by atoms with van der Waals surface area (Å²) in [5.41, 5.74) is 6.48. The summed E-state index contributed by atoms with van der Waals surface area (Å²) in [4.78, 5) is 75.4. The first-order valence-electron chi connectivity index (χ1n) is 18.7. The molecule has 3 aromatic heterocycles. The first-order valence-corrected chi connectivity index (χ1v) is 18.7. The van der Waals surface area contributed by atoms with Crippen LogP contribution in [0.1, 0.15) is 61.9 Å². The largest absolute Gasteiger partial charge is 0.465 e. The molecule has 0 bridgehead atoms. The van der Waals surface area contributed by atoms with E-state index in [0.717, 1.165) is 69.8 Å². The fourth-order valence-electron chi connectivity index (χ4n) is 7.62. The molecule has 5 aromatic rings. The van der Waals surface area contributed by atoms with Crippen LogP contribution in [0.25, 0.3) is 33.6 Å². The highest BCUT2D eigenvalue weighted by atomic mass is 16.5.